The molecule has 0 saturated heterocycles. The van der Waals surface area contributed by atoms with Gasteiger partial charge in [-0.15, -0.1) is 0 Å². The van der Waals surface area contributed by atoms with Crippen LogP contribution >= 0.6 is 0 Å². The third-order valence-electron chi connectivity index (χ3n) is 4.29. The van der Waals surface area contributed by atoms with Gasteiger partial charge in [0.25, 0.3) is 5.91 Å². The SMILES string of the molecule is Cc1ccccc1/C=N\OCC(=O)Nc1c(C(C)C)cccc1C(C)C. The second-order valence-electron chi connectivity index (χ2n) is 7.03. The Kier molecular flexibility index (Phi) is 6.96. The molecule has 4 nitrogen and oxygen atoms in total. The molecule has 0 aliphatic heterocycles. The van der Waals surface area contributed by atoms with Gasteiger partial charge in [0, 0.05) is 5.69 Å². The normalized spacial score (nSPS) is 11.3. The van der Waals surface area contributed by atoms with Crippen LogP contribution < -0.4 is 5.32 Å². The Labute approximate surface area is 156 Å². The van der Waals surface area contributed by atoms with Crippen molar-refractivity contribution in [3.63, 3.8) is 0 Å². The number of aryl methyl sites for hydroxylation is 1. The van der Waals surface area contributed by atoms with Gasteiger partial charge < -0.3 is 10.2 Å². The van der Waals surface area contributed by atoms with Gasteiger partial charge >= 0.3 is 0 Å². The highest BCUT2D eigenvalue weighted by molar-refractivity contribution is 5.93. The summed E-state index contributed by atoms with van der Waals surface area (Å²) in [5.41, 5.74) is 5.24. The fourth-order valence-corrected chi connectivity index (χ4v) is 2.79. The minimum Gasteiger partial charge on any atom is -0.386 e. The molecular weight excluding hydrogens is 324 g/mol. The molecule has 2 rings (SSSR count). The smallest absolute Gasteiger partial charge is 0.265 e. The van der Waals surface area contributed by atoms with Crippen LogP contribution in [0.4, 0.5) is 5.69 Å². The van der Waals surface area contributed by atoms with Crippen LogP contribution in [0.2, 0.25) is 0 Å². The lowest BCUT2D eigenvalue weighted by Crippen LogP contribution is -2.19. The zero-order valence-corrected chi connectivity index (χ0v) is 16.2. The number of nitrogens with zero attached hydrogens (tertiary/aromatic N) is 1. The molecule has 0 aliphatic rings. The molecule has 0 fully saturated rings. The van der Waals surface area contributed by atoms with E-state index < -0.39 is 0 Å². The maximum Gasteiger partial charge on any atom is 0.265 e. The molecule has 2 aromatic carbocycles. The predicted octanol–water partition coefficient (Wildman–Crippen LogP) is 5.23. The Bertz CT molecular complexity index is 753. The summed E-state index contributed by atoms with van der Waals surface area (Å²) in [5, 5.41) is 6.93. The quantitative estimate of drug-likeness (QED) is 0.548. The number of hydrogen-bond acceptors (Lipinski definition) is 3. The zero-order chi connectivity index (χ0) is 19.1. The summed E-state index contributed by atoms with van der Waals surface area (Å²) in [7, 11) is 0. The van der Waals surface area contributed by atoms with Gasteiger partial charge in [0.1, 0.15) is 0 Å². The third-order valence-corrected chi connectivity index (χ3v) is 4.29. The molecule has 26 heavy (non-hydrogen) atoms. The number of oxime groups is 1. The minimum atomic E-state index is -0.207. The van der Waals surface area contributed by atoms with Crippen LogP contribution in [0.5, 0.6) is 0 Å². The number of nitrogens with one attached hydrogen (secondary N) is 1. The van der Waals surface area contributed by atoms with Gasteiger partial charge in [-0.25, -0.2) is 0 Å². The van der Waals surface area contributed by atoms with Gasteiger partial charge in [-0.1, -0.05) is 75.3 Å². The highest BCUT2D eigenvalue weighted by Gasteiger charge is 2.16. The first kappa shape index (κ1) is 19.7. The topological polar surface area (TPSA) is 50.7 Å². The first-order valence-corrected chi connectivity index (χ1v) is 9.03. The summed E-state index contributed by atoms with van der Waals surface area (Å²) in [5.74, 6) is 0.440. The molecule has 0 aliphatic carbocycles. The van der Waals surface area contributed by atoms with E-state index in [-0.39, 0.29) is 12.5 Å². The van der Waals surface area contributed by atoms with Gasteiger partial charge in [0.2, 0.25) is 0 Å². The highest BCUT2D eigenvalue weighted by Crippen LogP contribution is 2.32. The van der Waals surface area contributed by atoms with Crippen LogP contribution in [0.15, 0.2) is 47.6 Å². The van der Waals surface area contributed by atoms with Crippen molar-refractivity contribution in [1.82, 2.24) is 0 Å². The van der Waals surface area contributed by atoms with Crippen molar-refractivity contribution in [3.05, 3.63) is 64.7 Å². The molecule has 1 amide bonds. The van der Waals surface area contributed by atoms with Crippen LogP contribution in [0, 0.1) is 6.92 Å². The Morgan fingerprint density at radius 1 is 1.04 bits per heavy atom. The van der Waals surface area contributed by atoms with E-state index in [9.17, 15) is 4.79 Å². The van der Waals surface area contributed by atoms with Crippen molar-refractivity contribution in [2.75, 3.05) is 11.9 Å². The van der Waals surface area contributed by atoms with Gasteiger partial charge in [-0.05, 0) is 41.0 Å². The summed E-state index contributed by atoms with van der Waals surface area (Å²) < 4.78 is 0. The van der Waals surface area contributed by atoms with Crippen molar-refractivity contribution in [2.45, 2.75) is 46.5 Å². The number of benzene rings is 2. The molecule has 0 saturated carbocycles. The Morgan fingerprint density at radius 2 is 1.65 bits per heavy atom. The van der Waals surface area contributed by atoms with E-state index in [0.717, 1.165) is 27.9 Å². The van der Waals surface area contributed by atoms with Gasteiger partial charge in [0.05, 0.1) is 6.21 Å². The zero-order valence-electron chi connectivity index (χ0n) is 16.2. The van der Waals surface area contributed by atoms with Crippen LogP contribution in [0.1, 0.15) is 61.8 Å². The van der Waals surface area contributed by atoms with Gasteiger partial charge in [0.15, 0.2) is 6.61 Å². The fraction of sp³-hybridized carbons (Fsp3) is 0.364. The number of anilines is 1. The summed E-state index contributed by atoms with van der Waals surface area (Å²) in [4.78, 5) is 17.5. The third kappa shape index (κ3) is 5.19. The second kappa shape index (κ2) is 9.18. The molecule has 0 unspecified atom stereocenters. The number of hydrogen-bond donors (Lipinski definition) is 1. The van der Waals surface area contributed by atoms with E-state index in [0.29, 0.717) is 11.8 Å². The van der Waals surface area contributed by atoms with Gasteiger partial charge in [-0.2, -0.15) is 0 Å². The Hall–Kier alpha value is -2.62. The van der Waals surface area contributed by atoms with Crippen molar-refractivity contribution in [3.8, 4) is 0 Å². The largest absolute Gasteiger partial charge is 0.386 e. The monoisotopic (exact) mass is 352 g/mol. The van der Waals surface area contributed by atoms with Crippen LogP contribution in [0.25, 0.3) is 0 Å². The minimum absolute atomic E-state index is 0.119. The lowest BCUT2D eigenvalue weighted by molar-refractivity contribution is -0.120. The molecule has 0 spiro atoms. The maximum absolute atomic E-state index is 12.3. The average Bonchev–Trinajstić information content (AvgIpc) is 2.59. The average molecular weight is 352 g/mol. The standard InChI is InChI=1S/C22H28N2O2/c1-15(2)19-11-8-12-20(16(3)4)22(19)24-21(25)14-26-23-13-18-10-7-6-9-17(18)5/h6-13,15-16H,14H2,1-5H3,(H,24,25)/b23-13-. The van der Waals surface area contributed by atoms with Crippen LogP contribution in [0.3, 0.4) is 0 Å². The first-order chi connectivity index (χ1) is 12.4. The molecule has 0 heterocycles. The predicted molar refractivity (Wildman–Crippen MR) is 108 cm³/mol. The number of carbonyl (C=O) groups excluding carboxylic acids is 1. The number of para-hydroxylation sites is 1. The number of rotatable bonds is 7. The van der Waals surface area contributed by atoms with Crippen LogP contribution in [-0.2, 0) is 9.63 Å². The Balaban J connectivity index is 2.03. The number of carbonyl (C=O) groups is 1. The molecule has 0 aromatic heterocycles. The van der Waals surface area contributed by atoms with E-state index >= 15 is 0 Å². The second-order valence-corrected chi connectivity index (χ2v) is 7.03. The van der Waals surface area contributed by atoms with Crippen molar-refractivity contribution in [1.29, 1.82) is 0 Å². The molecule has 1 N–H and O–H groups in total. The fourth-order valence-electron chi connectivity index (χ4n) is 2.79. The highest BCUT2D eigenvalue weighted by atomic mass is 16.6. The van der Waals surface area contributed by atoms with Crippen molar-refractivity contribution < 1.29 is 9.63 Å². The summed E-state index contributed by atoms with van der Waals surface area (Å²) in [6.07, 6.45) is 1.63. The first-order valence-electron chi connectivity index (χ1n) is 9.03. The molecule has 0 radical (unpaired) electrons. The lowest BCUT2D eigenvalue weighted by atomic mass is 9.92. The Morgan fingerprint density at radius 3 is 2.23 bits per heavy atom. The summed E-state index contributed by atoms with van der Waals surface area (Å²) in [6.45, 7) is 10.4. The molecule has 138 valence electrons. The van der Waals surface area contributed by atoms with E-state index in [4.69, 9.17) is 4.84 Å². The van der Waals surface area contributed by atoms with E-state index in [1.165, 1.54) is 0 Å². The molecular formula is C22H28N2O2. The molecule has 2 aromatic rings. The van der Waals surface area contributed by atoms with Crippen LogP contribution in [-0.4, -0.2) is 18.7 Å². The molecule has 4 heteroatoms. The van der Waals surface area contributed by atoms with E-state index in [1.807, 2.05) is 37.3 Å². The summed E-state index contributed by atoms with van der Waals surface area (Å²) in [6, 6.07) is 14.0. The molecule has 0 atom stereocenters. The van der Waals surface area contributed by atoms with Crippen molar-refractivity contribution in [2.24, 2.45) is 5.16 Å². The van der Waals surface area contributed by atoms with E-state index in [2.05, 4.69) is 50.3 Å². The summed E-state index contributed by atoms with van der Waals surface area (Å²) >= 11 is 0. The maximum atomic E-state index is 12.3. The lowest BCUT2D eigenvalue weighted by Gasteiger charge is -2.19. The van der Waals surface area contributed by atoms with Gasteiger partial charge in [-0.3, -0.25) is 4.79 Å². The van der Waals surface area contributed by atoms with Crippen molar-refractivity contribution >= 4 is 17.8 Å². The van der Waals surface area contributed by atoms with E-state index in [1.54, 1.807) is 6.21 Å². The number of amides is 1. The molecule has 0 bridgehead atoms.